The van der Waals surface area contributed by atoms with Crippen LogP contribution in [0.5, 0.6) is 0 Å². The van der Waals surface area contributed by atoms with Crippen LogP contribution >= 0.6 is 0 Å². The topological polar surface area (TPSA) is 75.9 Å². The first kappa shape index (κ1) is 15.4. The van der Waals surface area contributed by atoms with Crippen LogP contribution in [0.25, 0.3) is 0 Å². The van der Waals surface area contributed by atoms with E-state index in [2.05, 4.69) is 12.1 Å². The molecule has 1 aromatic carbocycles. The molecule has 1 aliphatic carbocycles. The molecule has 128 valence electrons. The Bertz CT molecular complexity index is 669. The van der Waals surface area contributed by atoms with Gasteiger partial charge >= 0.3 is 6.03 Å². The Kier molecular flexibility index (Phi) is 3.53. The molecule has 1 saturated carbocycles. The first-order chi connectivity index (χ1) is 11.6. The van der Waals surface area contributed by atoms with E-state index >= 15 is 0 Å². The Balaban J connectivity index is 1.63. The Labute approximate surface area is 141 Å². The van der Waals surface area contributed by atoms with Crippen LogP contribution in [0, 0.1) is 0 Å². The molecule has 0 bridgehead atoms. The lowest BCUT2D eigenvalue weighted by atomic mass is 9.96. The number of methoxy groups -OCH3 is 1. The van der Waals surface area contributed by atoms with Crippen LogP contribution in [0.15, 0.2) is 24.3 Å². The van der Waals surface area contributed by atoms with Crippen molar-refractivity contribution in [1.82, 2.24) is 4.90 Å². The third kappa shape index (κ3) is 2.20. The molecule has 2 atom stereocenters. The molecular formula is C18H23N3O3. The largest absolute Gasteiger partial charge is 0.384 e. The van der Waals surface area contributed by atoms with Crippen molar-refractivity contribution < 1.29 is 14.3 Å². The van der Waals surface area contributed by atoms with Crippen LogP contribution in [0.1, 0.15) is 31.2 Å². The van der Waals surface area contributed by atoms with E-state index in [-0.39, 0.29) is 17.5 Å². The zero-order valence-corrected chi connectivity index (χ0v) is 13.9. The summed E-state index contributed by atoms with van der Waals surface area (Å²) in [6.45, 7) is 1.42. The van der Waals surface area contributed by atoms with Gasteiger partial charge in [0.15, 0.2) is 0 Å². The quantitative estimate of drug-likeness (QED) is 0.892. The third-order valence-electron chi connectivity index (χ3n) is 5.72. The highest BCUT2D eigenvalue weighted by molar-refractivity contribution is 6.03. The Morgan fingerprint density at radius 2 is 2.04 bits per heavy atom. The molecule has 3 fully saturated rings. The lowest BCUT2D eigenvalue weighted by molar-refractivity contribution is -0.119. The molecule has 2 N–H and O–H groups in total. The molecule has 0 aromatic heterocycles. The highest BCUT2D eigenvalue weighted by atomic mass is 16.5. The number of amides is 3. The van der Waals surface area contributed by atoms with E-state index in [1.807, 2.05) is 12.1 Å². The Morgan fingerprint density at radius 3 is 2.62 bits per heavy atom. The van der Waals surface area contributed by atoms with E-state index in [4.69, 9.17) is 10.5 Å². The monoisotopic (exact) mass is 329 g/mol. The summed E-state index contributed by atoms with van der Waals surface area (Å²) in [5.74, 6) is -0.431. The number of carbonyl (C=O) groups excluding carboxylic acids is 2. The molecule has 2 heterocycles. The van der Waals surface area contributed by atoms with Gasteiger partial charge in [-0.05, 0) is 43.4 Å². The summed E-state index contributed by atoms with van der Waals surface area (Å²) in [7, 11) is 1.72. The molecule has 3 aliphatic rings. The van der Waals surface area contributed by atoms with Crippen LogP contribution in [0.4, 0.5) is 10.5 Å². The van der Waals surface area contributed by atoms with E-state index in [9.17, 15) is 9.59 Å². The fourth-order valence-electron chi connectivity index (χ4n) is 4.29. The molecule has 0 radical (unpaired) electrons. The maximum atomic E-state index is 12.7. The fourth-order valence-corrected chi connectivity index (χ4v) is 4.29. The first-order valence-electron chi connectivity index (χ1n) is 8.56. The van der Waals surface area contributed by atoms with Gasteiger partial charge in [-0.1, -0.05) is 12.1 Å². The summed E-state index contributed by atoms with van der Waals surface area (Å²) in [4.78, 5) is 28.1. The van der Waals surface area contributed by atoms with Crippen molar-refractivity contribution >= 4 is 17.6 Å². The van der Waals surface area contributed by atoms with E-state index in [0.29, 0.717) is 6.54 Å². The van der Waals surface area contributed by atoms with Crippen molar-refractivity contribution in [2.75, 3.05) is 25.2 Å². The molecule has 4 rings (SSSR count). The van der Waals surface area contributed by atoms with Crippen LogP contribution in [-0.2, 0) is 14.9 Å². The molecule has 6 nitrogen and oxygen atoms in total. The average molecular weight is 329 g/mol. The molecule has 24 heavy (non-hydrogen) atoms. The second-order valence-corrected chi connectivity index (χ2v) is 7.16. The Hall–Kier alpha value is -2.08. The number of urea groups is 1. The van der Waals surface area contributed by atoms with Crippen LogP contribution in [-0.4, -0.2) is 49.2 Å². The minimum Gasteiger partial charge on any atom is -0.384 e. The van der Waals surface area contributed by atoms with Crippen molar-refractivity contribution in [1.29, 1.82) is 0 Å². The summed E-state index contributed by atoms with van der Waals surface area (Å²) in [6, 6.07) is 7.21. The summed E-state index contributed by atoms with van der Waals surface area (Å²) in [5, 5.41) is 0. The average Bonchev–Trinajstić information content (AvgIpc) is 3.09. The number of benzene rings is 1. The van der Waals surface area contributed by atoms with Crippen LogP contribution in [0.2, 0.25) is 0 Å². The molecular weight excluding hydrogens is 306 g/mol. The highest BCUT2D eigenvalue weighted by Crippen LogP contribution is 2.48. The third-order valence-corrected chi connectivity index (χ3v) is 5.72. The van der Waals surface area contributed by atoms with Gasteiger partial charge in [-0.3, -0.25) is 9.69 Å². The SMILES string of the molecule is COCC1(c2ccc(N3C(=O)N4CCC[C@@H]4C3C(N)=O)cc2)CC1. The minimum atomic E-state index is -0.570. The summed E-state index contributed by atoms with van der Waals surface area (Å²) >= 11 is 0. The van der Waals surface area contributed by atoms with Crippen molar-refractivity contribution in [2.24, 2.45) is 5.73 Å². The molecule has 0 spiro atoms. The van der Waals surface area contributed by atoms with Gasteiger partial charge in [-0.25, -0.2) is 4.79 Å². The predicted molar refractivity (Wildman–Crippen MR) is 89.8 cm³/mol. The van der Waals surface area contributed by atoms with Gasteiger partial charge in [0.2, 0.25) is 5.91 Å². The minimum absolute atomic E-state index is 0.0852. The molecule has 2 saturated heterocycles. The van der Waals surface area contributed by atoms with Gasteiger partial charge < -0.3 is 15.4 Å². The van der Waals surface area contributed by atoms with Gasteiger partial charge in [-0.2, -0.15) is 0 Å². The van der Waals surface area contributed by atoms with E-state index < -0.39 is 11.9 Å². The molecule has 1 unspecified atom stereocenters. The number of rotatable bonds is 5. The van der Waals surface area contributed by atoms with Gasteiger partial charge in [0, 0.05) is 24.8 Å². The number of anilines is 1. The number of hydrogen-bond donors (Lipinski definition) is 1. The number of ether oxygens (including phenoxy) is 1. The second-order valence-electron chi connectivity index (χ2n) is 7.16. The number of nitrogens with two attached hydrogens (primary N) is 1. The van der Waals surface area contributed by atoms with Gasteiger partial charge in [0.05, 0.1) is 12.6 Å². The Morgan fingerprint density at radius 1 is 1.33 bits per heavy atom. The van der Waals surface area contributed by atoms with E-state index in [1.54, 1.807) is 16.9 Å². The lowest BCUT2D eigenvalue weighted by Crippen LogP contribution is -2.46. The molecule has 2 aliphatic heterocycles. The first-order valence-corrected chi connectivity index (χ1v) is 8.56. The summed E-state index contributed by atoms with van der Waals surface area (Å²) in [6.07, 6.45) is 4.03. The van der Waals surface area contributed by atoms with Crippen molar-refractivity contribution in [2.45, 2.75) is 43.2 Å². The standard InChI is InChI=1S/C18H23N3O3/c1-24-11-18(8-9-18)12-4-6-13(7-5-12)21-15(16(19)22)14-3-2-10-20(14)17(21)23/h4-7,14-15H,2-3,8-11H2,1H3,(H2,19,22)/t14-,15?/m1/s1. The number of primary amides is 1. The number of carbonyl (C=O) groups is 2. The smallest absolute Gasteiger partial charge is 0.325 e. The molecule has 6 heteroatoms. The number of hydrogen-bond acceptors (Lipinski definition) is 3. The zero-order chi connectivity index (χ0) is 16.9. The number of nitrogens with zero attached hydrogens (tertiary/aromatic N) is 2. The van der Waals surface area contributed by atoms with E-state index in [1.165, 1.54) is 5.56 Å². The van der Waals surface area contributed by atoms with Crippen molar-refractivity contribution in [3.05, 3.63) is 29.8 Å². The van der Waals surface area contributed by atoms with Gasteiger partial charge in [0.1, 0.15) is 6.04 Å². The molecule has 3 amide bonds. The highest BCUT2D eigenvalue weighted by Gasteiger charge is 2.51. The summed E-state index contributed by atoms with van der Waals surface area (Å²) in [5.41, 5.74) is 7.72. The lowest BCUT2D eigenvalue weighted by Gasteiger charge is -2.24. The zero-order valence-electron chi connectivity index (χ0n) is 13.9. The van der Waals surface area contributed by atoms with Gasteiger partial charge in [0.25, 0.3) is 0 Å². The van der Waals surface area contributed by atoms with E-state index in [0.717, 1.165) is 38.0 Å². The van der Waals surface area contributed by atoms with Crippen LogP contribution in [0.3, 0.4) is 0 Å². The van der Waals surface area contributed by atoms with Gasteiger partial charge in [-0.15, -0.1) is 0 Å². The van der Waals surface area contributed by atoms with Crippen LogP contribution < -0.4 is 10.6 Å². The van der Waals surface area contributed by atoms with Crippen molar-refractivity contribution in [3.63, 3.8) is 0 Å². The second kappa shape index (κ2) is 5.48. The fraction of sp³-hybridized carbons (Fsp3) is 0.556. The predicted octanol–water partition coefficient (Wildman–Crippen LogP) is 1.62. The maximum absolute atomic E-state index is 12.7. The van der Waals surface area contributed by atoms with Crippen molar-refractivity contribution in [3.8, 4) is 0 Å². The maximum Gasteiger partial charge on any atom is 0.325 e. The summed E-state index contributed by atoms with van der Waals surface area (Å²) < 4.78 is 5.34. The number of fused-ring (bicyclic) bond motifs is 1. The molecule has 1 aromatic rings. The normalized spacial score (nSPS) is 27.5.